The molecule has 2 heteroatoms. The maximum absolute atomic E-state index is 3.47. The molecule has 1 rings (SSSR count). The van der Waals surface area contributed by atoms with Crippen LogP contribution >= 0.6 is 11.8 Å². The summed E-state index contributed by atoms with van der Waals surface area (Å²) in [6.45, 7) is 5.83. The van der Waals surface area contributed by atoms with Crippen molar-refractivity contribution in [2.75, 3.05) is 25.1 Å². The van der Waals surface area contributed by atoms with Crippen LogP contribution in [0.4, 0.5) is 0 Å². The van der Waals surface area contributed by atoms with Gasteiger partial charge in [0.05, 0.1) is 0 Å². The van der Waals surface area contributed by atoms with Gasteiger partial charge in [-0.25, -0.2) is 0 Å². The first-order chi connectivity index (χ1) is 9.26. The predicted molar refractivity (Wildman–Crippen MR) is 90.1 cm³/mol. The zero-order valence-corrected chi connectivity index (χ0v) is 14.3. The third-order valence-corrected chi connectivity index (χ3v) is 5.87. The van der Waals surface area contributed by atoms with E-state index in [1.54, 1.807) is 0 Å². The van der Waals surface area contributed by atoms with Gasteiger partial charge in [-0.05, 0) is 68.4 Å². The molecule has 1 saturated carbocycles. The van der Waals surface area contributed by atoms with E-state index in [0.717, 1.165) is 5.92 Å². The van der Waals surface area contributed by atoms with Crippen LogP contribution < -0.4 is 5.32 Å². The monoisotopic (exact) mass is 285 g/mol. The molecule has 0 aromatic heterocycles. The molecule has 0 spiro atoms. The molecule has 1 aliphatic carbocycles. The molecule has 0 bridgehead atoms. The molecule has 0 aromatic carbocycles. The Hall–Kier alpha value is 0.310. The predicted octanol–water partition coefficient (Wildman–Crippen LogP) is 5.11. The van der Waals surface area contributed by atoms with Crippen molar-refractivity contribution in [1.82, 2.24) is 5.32 Å². The summed E-state index contributed by atoms with van der Waals surface area (Å²) in [6.07, 6.45) is 13.1. The van der Waals surface area contributed by atoms with Gasteiger partial charge in [0, 0.05) is 6.54 Å². The van der Waals surface area contributed by atoms with Crippen LogP contribution in [-0.2, 0) is 0 Å². The highest BCUT2D eigenvalue weighted by molar-refractivity contribution is 7.99. The Bertz CT molecular complexity index is 209. The minimum Gasteiger partial charge on any atom is -0.319 e. The van der Waals surface area contributed by atoms with Crippen molar-refractivity contribution in [1.29, 1.82) is 0 Å². The van der Waals surface area contributed by atoms with Gasteiger partial charge in [0.2, 0.25) is 0 Å². The highest BCUT2D eigenvalue weighted by Crippen LogP contribution is 2.43. The number of hydrogen-bond acceptors (Lipinski definition) is 2. The second kappa shape index (κ2) is 10.1. The zero-order chi connectivity index (χ0) is 14.0. The van der Waals surface area contributed by atoms with Crippen molar-refractivity contribution in [3.63, 3.8) is 0 Å². The Morgan fingerprint density at radius 1 is 1.16 bits per heavy atom. The van der Waals surface area contributed by atoms with Gasteiger partial charge < -0.3 is 5.32 Å². The molecule has 114 valence electrons. The maximum Gasteiger partial charge on any atom is 0.000481 e. The second-order valence-corrected chi connectivity index (χ2v) is 7.81. The summed E-state index contributed by atoms with van der Waals surface area (Å²) in [5, 5.41) is 3.47. The third-order valence-electron chi connectivity index (χ3n) is 4.88. The van der Waals surface area contributed by atoms with Gasteiger partial charge in [-0.2, -0.15) is 11.8 Å². The molecule has 0 aromatic rings. The van der Waals surface area contributed by atoms with Gasteiger partial charge >= 0.3 is 0 Å². The summed E-state index contributed by atoms with van der Waals surface area (Å²) >= 11 is 2.10. The average Bonchev–Trinajstić information content (AvgIpc) is 2.44. The SMILES string of the molecule is CCCCC1CCC(CCCSCC)(CNC)CC1. The largest absolute Gasteiger partial charge is 0.319 e. The summed E-state index contributed by atoms with van der Waals surface area (Å²) in [6, 6.07) is 0. The molecule has 0 radical (unpaired) electrons. The minimum absolute atomic E-state index is 0.631. The lowest BCUT2D eigenvalue weighted by Crippen LogP contribution is -2.36. The highest BCUT2D eigenvalue weighted by Gasteiger charge is 2.33. The van der Waals surface area contributed by atoms with Crippen molar-refractivity contribution in [2.24, 2.45) is 11.3 Å². The summed E-state index contributed by atoms with van der Waals surface area (Å²) in [4.78, 5) is 0. The van der Waals surface area contributed by atoms with Crippen molar-refractivity contribution in [3.05, 3.63) is 0 Å². The minimum atomic E-state index is 0.631. The van der Waals surface area contributed by atoms with Crippen LogP contribution in [0.15, 0.2) is 0 Å². The number of nitrogens with one attached hydrogen (secondary N) is 1. The zero-order valence-electron chi connectivity index (χ0n) is 13.5. The number of unbranched alkanes of at least 4 members (excludes halogenated alkanes) is 1. The Labute approximate surface area is 125 Å². The van der Waals surface area contributed by atoms with E-state index in [2.05, 4.69) is 38.0 Å². The topological polar surface area (TPSA) is 12.0 Å². The number of hydrogen-bond donors (Lipinski definition) is 1. The van der Waals surface area contributed by atoms with Crippen molar-refractivity contribution in [3.8, 4) is 0 Å². The Kier molecular flexibility index (Phi) is 9.23. The van der Waals surface area contributed by atoms with E-state index in [1.165, 1.54) is 75.8 Å². The Morgan fingerprint density at radius 2 is 1.89 bits per heavy atom. The molecule has 19 heavy (non-hydrogen) atoms. The van der Waals surface area contributed by atoms with E-state index < -0.39 is 0 Å². The van der Waals surface area contributed by atoms with Gasteiger partial charge in [0.1, 0.15) is 0 Å². The van der Waals surface area contributed by atoms with Gasteiger partial charge in [0.25, 0.3) is 0 Å². The molecule has 0 aliphatic heterocycles. The maximum atomic E-state index is 3.47. The van der Waals surface area contributed by atoms with E-state index in [1.807, 2.05) is 0 Å². The molecule has 1 aliphatic rings. The van der Waals surface area contributed by atoms with Crippen LogP contribution in [0.5, 0.6) is 0 Å². The molecule has 1 fully saturated rings. The van der Waals surface area contributed by atoms with E-state index in [-0.39, 0.29) is 0 Å². The number of thioether (sulfide) groups is 1. The summed E-state index contributed by atoms with van der Waals surface area (Å²) in [7, 11) is 2.13. The van der Waals surface area contributed by atoms with E-state index in [4.69, 9.17) is 0 Å². The third kappa shape index (κ3) is 6.53. The lowest BCUT2D eigenvalue weighted by molar-refractivity contribution is 0.129. The fourth-order valence-electron chi connectivity index (χ4n) is 3.66. The van der Waals surface area contributed by atoms with Crippen LogP contribution in [0.3, 0.4) is 0 Å². The average molecular weight is 286 g/mol. The molecular formula is C17H35NS. The summed E-state index contributed by atoms with van der Waals surface area (Å²) < 4.78 is 0. The molecule has 0 saturated heterocycles. The smallest absolute Gasteiger partial charge is 0.000481 e. The molecule has 0 unspecified atom stereocenters. The molecule has 0 heterocycles. The fraction of sp³-hybridized carbons (Fsp3) is 1.00. The van der Waals surface area contributed by atoms with Gasteiger partial charge in [0.15, 0.2) is 0 Å². The van der Waals surface area contributed by atoms with Crippen molar-refractivity contribution >= 4 is 11.8 Å². The quantitative estimate of drug-likeness (QED) is 0.560. The molecule has 1 N–H and O–H groups in total. The first-order valence-electron chi connectivity index (χ1n) is 8.48. The lowest BCUT2D eigenvalue weighted by Gasteiger charge is -2.40. The van der Waals surface area contributed by atoms with Crippen LogP contribution in [0, 0.1) is 11.3 Å². The van der Waals surface area contributed by atoms with Gasteiger partial charge in [-0.1, -0.05) is 33.1 Å². The highest BCUT2D eigenvalue weighted by atomic mass is 32.2. The molecule has 0 atom stereocenters. The van der Waals surface area contributed by atoms with Crippen LogP contribution in [0.2, 0.25) is 0 Å². The van der Waals surface area contributed by atoms with Crippen molar-refractivity contribution < 1.29 is 0 Å². The normalized spacial score (nSPS) is 27.6. The second-order valence-electron chi connectivity index (χ2n) is 6.42. The molecule has 0 amide bonds. The standard InChI is InChI=1S/C17H35NS/c1-4-6-8-16-9-12-17(13-10-16,15-18-3)11-7-14-19-5-2/h16,18H,4-15H2,1-3H3. The number of rotatable bonds is 10. The van der Waals surface area contributed by atoms with Gasteiger partial charge in [-0.15, -0.1) is 0 Å². The first-order valence-corrected chi connectivity index (χ1v) is 9.64. The van der Waals surface area contributed by atoms with E-state index in [9.17, 15) is 0 Å². The lowest BCUT2D eigenvalue weighted by atomic mass is 9.67. The van der Waals surface area contributed by atoms with Gasteiger partial charge in [-0.3, -0.25) is 0 Å². The first kappa shape index (κ1) is 17.4. The van der Waals surface area contributed by atoms with E-state index >= 15 is 0 Å². The summed E-state index contributed by atoms with van der Waals surface area (Å²) in [5.41, 5.74) is 0.631. The van der Waals surface area contributed by atoms with Crippen LogP contribution in [-0.4, -0.2) is 25.1 Å². The van der Waals surface area contributed by atoms with E-state index in [0.29, 0.717) is 5.41 Å². The van der Waals surface area contributed by atoms with Crippen molar-refractivity contribution in [2.45, 2.75) is 71.6 Å². The molecular weight excluding hydrogens is 250 g/mol. The molecule has 1 nitrogen and oxygen atoms in total. The van der Waals surface area contributed by atoms with Crippen LogP contribution in [0.25, 0.3) is 0 Å². The Morgan fingerprint density at radius 3 is 2.47 bits per heavy atom. The summed E-state index contributed by atoms with van der Waals surface area (Å²) in [5.74, 6) is 3.68. The Balaban J connectivity index is 2.33. The van der Waals surface area contributed by atoms with Crippen LogP contribution in [0.1, 0.15) is 71.6 Å². The fourth-order valence-corrected chi connectivity index (χ4v) is 4.29.